The molecule has 0 aliphatic heterocycles. The van der Waals surface area contributed by atoms with Crippen molar-refractivity contribution >= 4 is 10.8 Å². The van der Waals surface area contributed by atoms with Crippen LogP contribution in [0.5, 0.6) is 5.75 Å². The van der Waals surface area contributed by atoms with E-state index in [1.807, 2.05) is 43.3 Å². The third-order valence-corrected chi connectivity index (χ3v) is 4.05. The van der Waals surface area contributed by atoms with E-state index in [-0.39, 0.29) is 12.2 Å². The van der Waals surface area contributed by atoms with E-state index in [0.29, 0.717) is 11.1 Å². The smallest absolute Gasteiger partial charge is 0.255 e. The minimum Gasteiger partial charge on any atom is -0.473 e. The van der Waals surface area contributed by atoms with Gasteiger partial charge in [-0.25, -0.2) is 0 Å². The minimum atomic E-state index is -0.721. The Morgan fingerprint density at radius 2 is 1.96 bits per heavy atom. The fourth-order valence-electron chi connectivity index (χ4n) is 2.82. The molecular formula is C20H18N2O3. The lowest BCUT2D eigenvalue weighted by Gasteiger charge is -2.13. The van der Waals surface area contributed by atoms with Crippen molar-refractivity contribution in [1.29, 1.82) is 5.26 Å². The minimum absolute atomic E-state index is 0.161. The zero-order valence-electron chi connectivity index (χ0n) is 14.1. The Labute approximate surface area is 145 Å². The van der Waals surface area contributed by atoms with Crippen LogP contribution in [0.3, 0.4) is 0 Å². The lowest BCUT2D eigenvalue weighted by Crippen LogP contribution is -2.20. The van der Waals surface area contributed by atoms with Gasteiger partial charge in [0.1, 0.15) is 11.8 Å². The van der Waals surface area contributed by atoms with Crippen molar-refractivity contribution in [3.8, 4) is 22.9 Å². The lowest BCUT2D eigenvalue weighted by molar-refractivity contribution is 0.112. The summed E-state index contributed by atoms with van der Waals surface area (Å²) >= 11 is 0. The van der Waals surface area contributed by atoms with Gasteiger partial charge in [-0.2, -0.15) is 5.26 Å². The molecule has 0 saturated heterocycles. The number of nitrogens with zero attached hydrogens (tertiary/aromatic N) is 1. The van der Waals surface area contributed by atoms with Gasteiger partial charge >= 0.3 is 0 Å². The zero-order chi connectivity index (χ0) is 17.8. The predicted octanol–water partition coefficient (Wildman–Crippen LogP) is 3.42. The second kappa shape index (κ2) is 7.20. The number of nitriles is 1. The number of aromatic nitrogens is 1. The standard InChI is InChI=1S/C20H18N2O3/c1-13-5-3-4-6-16(13)19-11-22-20(23)18-9-14(7-8-17(18)19)25-15(10-21)12-24-2/h3-9,11,15H,12H2,1-2H3,(H,22,23). The molecule has 1 atom stereocenters. The van der Waals surface area contributed by atoms with E-state index < -0.39 is 6.10 Å². The molecule has 0 amide bonds. The summed E-state index contributed by atoms with van der Waals surface area (Å²) in [5.41, 5.74) is 2.94. The highest BCUT2D eigenvalue weighted by molar-refractivity contribution is 5.97. The molecule has 0 bridgehead atoms. The topological polar surface area (TPSA) is 75.1 Å². The van der Waals surface area contributed by atoms with Gasteiger partial charge in [-0.1, -0.05) is 24.3 Å². The molecule has 1 heterocycles. The molecular weight excluding hydrogens is 316 g/mol. The summed E-state index contributed by atoms with van der Waals surface area (Å²) < 4.78 is 10.6. The van der Waals surface area contributed by atoms with Crippen LogP contribution in [0.1, 0.15) is 5.56 Å². The maximum Gasteiger partial charge on any atom is 0.255 e. The van der Waals surface area contributed by atoms with Crippen LogP contribution in [0.2, 0.25) is 0 Å². The summed E-state index contributed by atoms with van der Waals surface area (Å²) in [7, 11) is 1.51. The quantitative estimate of drug-likeness (QED) is 0.776. The van der Waals surface area contributed by atoms with Gasteiger partial charge in [0.25, 0.3) is 5.56 Å². The number of rotatable bonds is 5. The van der Waals surface area contributed by atoms with Crippen LogP contribution in [0, 0.1) is 18.3 Å². The molecule has 3 rings (SSSR count). The first-order valence-corrected chi connectivity index (χ1v) is 7.90. The number of pyridine rings is 1. The molecule has 5 nitrogen and oxygen atoms in total. The van der Waals surface area contributed by atoms with Crippen LogP contribution in [0.15, 0.2) is 53.5 Å². The largest absolute Gasteiger partial charge is 0.473 e. The average molecular weight is 334 g/mol. The Morgan fingerprint density at radius 3 is 2.68 bits per heavy atom. The third-order valence-electron chi connectivity index (χ3n) is 4.05. The molecule has 0 saturated carbocycles. The van der Waals surface area contributed by atoms with Gasteiger partial charge < -0.3 is 14.5 Å². The molecule has 0 aliphatic carbocycles. The van der Waals surface area contributed by atoms with Gasteiger partial charge in [0.05, 0.1) is 12.0 Å². The number of methoxy groups -OCH3 is 1. The highest BCUT2D eigenvalue weighted by Gasteiger charge is 2.12. The predicted molar refractivity (Wildman–Crippen MR) is 96.6 cm³/mol. The first kappa shape index (κ1) is 16.7. The number of hydrogen-bond acceptors (Lipinski definition) is 4. The van der Waals surface area contributed by atoms with Crippen LogP contribution in [0.25, 0.3) is 21.9 Å². The van der Waals surface area contributed by atoms with Crippen LogP contribution in [0.4, 0.5) is 0 Å². The molecule has 1 aromatic heterocycles. The van der Waals surface area contributed by atoms with Crippen molar-refractivity contribution in [2.45, 2.75) is 13.0 Å². The molecule has 0 fully saturated rings. The highest BCUT2D eigenvalue weighted by atomic mass is 16.5. The maximum atomic E-state index is 12.3. The summed E-state index contributed by atoms with van der Waals surface area (Å²) in [6, 6.07) is 15.3. The number of fused-ring (bicyclic) bond motifs is 1. The number of ether oxygens (including phenoxy) is 2. The van der Waals surface area contributed by atoms with Gasteiger partial charge in [-0.15, -0.1) is 0 Å². The summed E-state index contributed by atoms with van der Waals surface area (Å²) in [6.45, 7) is 2.19. The Balaban J connectivity index is 2.10. The second-order valence-electron chi connectivity index (χ2n) is 5.74. The van der Waals surface area contributed by atoms with E-state index in [0.717, 1.165) is 22.1 Å². The number of hydrogen-bond donors (Lipinski definition) is 1. The number of aryl methyl sites for hydroxylation is 1. The van der Waals surface area contributed by atoms with Crippen molar-refractivity contribution in [2.24, 2.45) is 0 Å². The van der Waals surface area contributed by atoms with E-state index in [2.05, 4.69) is 4.98 Å². The van der Waals surface area contributed by atoms with Crippen LogP contribution in [-0.2, 0) is 4.74 Å². The normalized spacial score (nSPS) is 11.9. The Kier molecular flexibility index (Phi) is 4.82. The summed E-state index contributed by atoms with van der Waals surface area (Å²) in [5.74, 6) is 0.462. The monoisotopic (exact) mass is 334 g/mol. The SMILES string of the molecule is COCC(C#N)Oc1ccc2c(-c3ccccc3C)c[nH]c(=O)c2c1. The maximum absolute atomic E-state index is 12.3. The fraction of sp³-hybridized carbons (Fsp3) is 0.200. The molecule has 126 valence electrons. The summed E-state index contributed by atoms with van der Waals surface area (Å²) in [4.78, 5) is 15.1. The van der Waals surface area contributed by atoms with E-state index >= 15 is 0 Å². The van der Waals surface area contributed by atoms with Crippen LogP contribution < -0.4 is 10.3 Å². The van der Waals surface area contributed by atoms with Gasteiger partial charge in [0.15, 0.2) is 0 Å². The molecule has 1 N–H and O–H groups in total. The molecule has 25 heavy (non-hydrogen) atoms. The molecule has 2 aromatic carbocycles. The van der Waals surface area contributed by atoms with E-state index in [1.54, 1.807) is 18.3 Å². The van der Waals surface area contributed by atoms with E-state index in [9.17, 15) is 4.79 Å². The van der Waals surface area contributed by atoms with E-state index in [1.165, 1.54) is 7.11 Å². The van der Waals surface area contributed by atoms with Gasteiger partial charge in [0, 0.05) is 18.9 Å². The molecule has 0 radical (unpaired) electrons. The molecule has 1 unspecified atom stereocenters. The average Bonchev–Trinajstić information content (AvgIpc) is 2.63. The lowest BCUT2D eigenvalue weighted by atomic mass is 9.97. The fourth-order valence-corrected chi connectivity index (χ4v) is 2.82. The summed E-state index contributed by atoms with van der Waals surface area (Å²) in [6.07, 6.45) is 1.01. The number of aromatic amines is 1. The molecule has 3 aromatic rings. The van der Waals surface area contributed by atoms with Crippen molar-refractivity contribution in [3.05, 3.63) is 64.6 Å². The van der Waals surface area contributed by atoms with Crippen LogP contribution >= 0.6 is 0 Å². The number of nitrogens with one attached hydrogen (secondary N) is 1. The number of H-pyrrole nitrogens is 1. The van der Waals surface area contributed by atoms with Gasteiger partial charge in [-0.3, -0.25) is 4.79 Å². The molecule has 0 aliphatic rings. The van der Waals surface area contributed by atoms with E-state index in [4.69, 9.17) is 14.7 Å². The van der Waals surface area contributed by atoms with Gasteiger partial charge in [-0.05, 0) is 41.6 Å². The van der Waals surface area contributed by atoms with Gasteiger partial charge in [0.2, 0.25) is 6.10 Å². The first-order chi connectivity index (χ1) is 12.1. The summed E-state index contributed by atoms with van der Waals surface area (Å²) in [5, 5.41) is 10.4. The van der Waals surface area contributed by atoms with Crippen molar-refractivity contribution in [3.63, 3.8) is 0 Å². The third kappa shape index (κ3) is 3.39. The Hall–Kier alpha value is -3.10. The van der Waals surface area contributed by atoms with Crippen molar-refractivity contribution < 1.29 is 9.47 Å². The second-order valence-corrected chi connectivity index (χ2v) is 5.74. The first-order valence-electron chi connectivity index (χ1n) is 7.90. The van der Waals surface area contributed by atoms with Crippen molar-refractivity contribution in [1.82, 2.24) is 4.98 Å². The zero-order valence-corrected chi connectivity index (χ0v) is 14.1. The molecule has 5 heteroatoms. The Bertz CT molecular complexity index is 1000. The van der Waals surface area contributed by atoms with Crippen molar-refractivity contribution in [2.75, 3.05) is 13.7 Å². The highest BCUT2D eigenvalue weighted by Crippen LogP contribution is 2.30. The number of benzene rings is 2. The van der Waals surface area contributed by atoms with Crippen LogP contribution in [-0.4, -0.2) is 24.8 Å². The Morgan fingerprint density at radius 1 is 1.16 bits per heavy atom. The molecule has 0 spiro atoms.